The number of allylic oxidation sites excluding steroid dienone is 4. The Kier molecular flexibility index (Phi) is 4.38. The number of nitrogens with one attached hydrogen (secondary N) is 1. The molecule has 0 saturated heterocycles. The van der Waals surface area contributed by atoms with Gasteiger partial charge in [-0.3, -0.25) is 4.79 Å². The second-order valence-corrected chi connectivity index (χ2v) is 3.17. The lowest BCUT2D eigenvalue weighted by atomic mass is 9.97. The Morgan fingerprint density at radius 1 is 1.46 bits per heavy atom. The average Bonchev–Trinajstić information content (AvgIpc) is 2.03. The van der Waals surface area contributed by atoms with E-state index in [-0.39, 0.29) is 5.70 Å². The van der Waals surface area contributed by atoms with Crippen molar-refractivity contribution < 1.29 is 9.18 Å². The highest BCUT2D eigenvalue weighted by Crippen LogP contribution is 2.23. The first-order valence-corrected chi connectivity index (χ1v) is 4.16. The highest BCUT2D eigenvalue weighted by Gasteiger charge is 2.22. The molecule has 0 aliphatic rings. The van der Waals surface area contributed by atoms with Gasteiger partial charge >= 0.3 is 0 Å². The lowest BCUT2D eigenvalue weighted by Crippen LogP contribution is -2.22. The number of aldehydes is 1. The Hall–Kier alpha value is -1.12. The summed E-state index contributed by atoms with van der Waals surface area (Å²) in [5.74, 6) is 0. The molecule has 0 aromatic heterocycles. The van der Waals surface area contributed by atoms with Gasteiger partial charge in [-0.25, -0.2) is 4.39 Å². The van der Waals surface area contributed by atoms with Gasteiger partial charge in [-0.1, -0.05) is 12.2 Å². The molecule has 0 aliphatic heterocycles. The van der Waals surface area contributed by atoms with Crippen molar-refractivity contribution in [2.45, 2.75) is 26.4 Å². The summed E-state index contributed by atoms with van der Waals surface area (Å²) in [6.07, 6.45) is 3.92. The van der Waals surface area contributed by atoms with Crippen LogP contribution in [-0.2, 0) is 4.79 Å². The maximum Gasteiger partial charge on any atom is 0.166 e. The molecule has 0 bridgehead atoms. The molecule has 0 rings (SSSR count). The molecule has 0 amide bonds. The van der Waals surface area contributed by atoms with Crippen LogP contribution in [0.3, 0.4) is 0 Å². The van der Waals surface area contributed by atoms with Crippen LogP contribution in [0.5, 0.6) is 0 Å². The minimum Gasteiger partial charge on any atom is -0.385 e. The predicted octanol–water partition coefficient (Wildman–Crippen LogP) is 1.98. The molecule has 0 fully saturated rings. The van der Waals surface area contributed by atoms with E-state index in [1.807, 2.05) is 0 Å². The molecule has 2 nitrogen and oxygen atoms in total. The van der Waals surface area contributed by atoms with Crippen LogP contribution in [0.25, 0.3) is 0 Å². The van der Waals surface area contributed by atoms with Crippen LogP contribution in [0.4, 0.5) is 4.39 Å². The molecule has 1 N–H and O–H groups in total. The van der Waals surface area contributed by atoms with Crippen molar-refractivity contribution in [1.29, 1.82) is 0 Å². The standard InChI is InChI=1S/C10H16FNO/c1-5-6-8(10(2,3)11)9(7-13)12-4/h5-7,12H,1-4H3/b6-5-,9-8+. The number of hydrogen-bond acceptors (Lipinski definition) is 2. The monoisotopic (exact) mass is 185 g/mol. The number of halogens is 1. The third-order valence-electron chi connectivity index (χ3n) is 1.65. The fourth-order valence-electron chi connectivity index (χ4n) is 1.03. The molecule has 0 aromatic carbocycles. The zero-order chi connectivity index (χ0) is 10.5. The summed E-state index contributed by atoms with van der Waals surface area (Å²) in [5, 5.41) is 2.66. The van der Waals surface area contributed by atoms with Crippen LogP contribution in [0, 0.1) is 0 Å². The summed E-state index contributed by atoms with van der Waals surface area (Å²) in [5.41, 5.74) is -0.857. The topological polar surface area (TPSA) is 29.1 Å². The summed E-state index contributed by atoms with van der Waals surface area (Å²) in [6, 6.07) is 0. The van der Waals surface area contributed by atoms with Crippen molar-refractivity contribution >= 4 is 6.29 Å². The molecule has 0 unspecified atom stereocenters. The maximum atomic E-state index is 13.6. The quantitative estimate of drug-likeness (QED) is 0.412. The third kappa shape index (κ3) is 3.40. The smallest absolute Gasteiger partial charge is 0.166 e. The predicted molar refractivity (Wildman–Crippen MR) is 52.2 cm³/mol. The normalized spacial score (nSPS) is 14.2. The molecule has 0 heterocycles. The van der Waals surface area contributed by atoms with E-state index in [9.17, 15) is 9.18 Å². The number of carbonyl (C=O) groups excluding carboxylic acids is 1. The molecule has 0 saturated carbocycles. The Balaban J connectivity index is 5.21. The van der Waals surface area contributed by atoms with Gasteiger partial charge in [-0.2, -0.15) is 0 Å². The van der Waals surface area contributed by atoms with Crippen molar-refractivity contribution in [1.82, 2.24) is 5.32 Å². The van der Waals surface area contributed by atoms with E-state index in [4.69, 9.17) is 0 Å². The number of carbonyl (C=O) groups is 1. The van der Waals surface area contributed by atoms with Crippen LogP contribution < -0.4 is 5.32 Å². The Labute approximate surface area is 78.5 Å². The van der Waals surface area contributed by atoms with Crippen LogP contribution in [0.1, 0.15) is 20.8 Å². The van der Waals surface area contributed by atoms with Crippen molar-refractivity contribution in [3.8, 4) is 0 Å². The second kappa shape index (κ2) is 4.80. The minimum absolute atomic E-state index is 0.283. The molecule has 0 atom stereocenters. The van der Waals surface area contributed by atoms with Crippen LogP contribution in [0.15, 0.2) is 23.4 Å². The van der Waals surface area contributed by atoms with Crippen LogP contribution in [-0.4, -0.2) is 19.0 Å². The zero-order valence-electron chi connectivity index (χ0n) is 8.52. The van der Waals surface area contributed by atoms with E-state index < -0.39 is 5.67 Å². The van der Waals surface area contributed by atoms with E-state index in [1.165, 1.54) is 13.8 Å². The summed E-state index contributed by atoms with van der Waals surface area (Å²) in [4.78, 5) is 10.6. The minimum atomic E-state index is -1.51. The van der Waals surface area contributed by atoms with Crippen molar-refractivity contribution in [2.24, 2.45) is 0 Å². The van der Waals surface area contributed by atoms with Gasteiger partial charge in [0.1, 0.15) is 5.67 Å². The highest BCUT2D eigenvalue weighted by atomic mass is 19.1. The van der Waals surface area contributed by atoms with E-state index in [2.05, 4.69) is 5.32 Å². The van der Waals surface area contributed by atoms with E-state index in [0.717, 1.165) is 0 Å². The summed E-state index contributed by atoms with van der Waals surface area (Å²) in [7, 11) is 1.60. The first-order chi connectivity index (χ1) is 5.97. The lowest BCUT2D eigenvalue weighted by molar-refractivity contribution is -0.105. The van der Waals surface area contributed by atoms with Gasteiger partial charge < -0.3 is 5.32 Å². The van der Waals surface area contributed by atoms with E-state index >= 15 is 0 Å². The fourth-order valence-corrected chi connectivity index (χ4v) is 1.03. The molecular weight excluding hydrogens is 169 g/mol. The van der Waals surface area contributed by atoms with E-state index in [0.29, 0.717) is 11.9 Å². The number of alkyl halides is 1. The molecule has 3 heteroatoms. The van der Waals surface area contributed by atoms with Gasteiger partial charge in [0, 0.05) is 12.6 Å². The maximum absolute atomic E-state index is 13.6. The molecule has 0 spiro atoms. The van der Waals surface area contributed by atoms with Crippen LogP contribution in [0.2, 0.25) is 0 Å². The molecule has 74 valence electrons. The van der Waals surface area contributed by atoms with Gasteiger partial charge in [0.2, 0.25) is 0 Å². The van der Waals surface area contributed by atoms with Gasteiger partial charge in [0.15, 0.2) is 6.29 Å². The molecule has 13 heavy (non-hydrogen) atoms. The SMILES string of the molecule is C/C=C\C(=C(\C=O)NC)C(C)(C)F. The number of hydrogen-bond donors (Lipinski definition) is 1. The zero-order valence-corrected chi connectivity index (χ0v) is 8.52. The van der Waals surface area contributed by atoms with Crippen molar-refractivity contribution in [3.05, 3.63) is 23.4 Å². The Morgan fingerprint density at radius 3 is 2.23 bits per heavy atom. The summed E-state index contributed by atoms with van der Waals surface area (Å²) >= 11 is 0. The molecule has 0 aliphatic carbocycles. The first kappa shape index (κ1) is 11.9. The first-order valence-electron chi connectivity index (χ1n) is 4.16. The van der Waals surface area contributed by atoms with Gasteiger partial charge in [0.05, 0.1) is 5.70 Å². The highest BCUT2D eigenvalue weighted by molar-refractivity contribution is 5.75. The van der Waals surface area contributed by atoms with Gasteiger partial charge in [-0.15, -0.1) is 0 Å². The lowest BCUT2D eigenvalue weighted by Gasteiger charge is -2.18. The van der Waals surface area contributed by atoms with Crippen molar-refractivity contribution in [3.63, 3.8) is 0 Å². The summed E-state index contributed by atoms with van der Waals surface area (Å²) < 4.78 is 13.6. The Bertz CT molecular complexity index is 236. The number of rotatable bonds is 4. The molecule has 0 aromatic rings. The fraction of sp³-hybridized carbons (Fsp3) is 0.500. The third-order valence-corrected chi connectivity index (χ3v) is 1.65. The molecular formula is C10H16FNO. The number of likely N-dealkylation sites (N-methyl/N-ethyl adjacent to an activating group) is 1. The largest absolute Gasteiger partial charge is 0.385 e. The van der Waals surface area contributed by atoms with E-state index in [1.54, 1.807) is 26.1 Å². The average molecular weight is 185 g/mol. The molecule has 0 radical (unpaired) electrons. The van der Waals surface area contributed by atoms with Gasteiger partial charge in [0.25, 0.3) is 0 Å². The van der Waals surface area contributed by atoms with Crippen molar-refractivity contribution in [2.75, 3.05) is 7.05 Å². The van der Waals surface area contributed by atoms with Crippen LogP contribution >= 0.6 is 0 Å². The summed E-state index contributed by atoms with van der Waals surface area (Å²) in [6.45, 7) is 4.62. The second-order valence-electron chi connectivity index (χ2n) is 3.17. The Morgan fingerprint density at radius 2 is 2.00 bits per heavy atom. The van der Waals surface area contributed by atoms with Gasteiger partial charge in [-0.05, 0) is 20.8 Å².